The fraction of sp³-hybridized carbons (Fsp3) is 0.571. The average Bonchev–Trinajstić information content (AvgIpc) is 2.37. The summed E-state index contributed by atoms with van der Waals surface area (Å²) in [6, 6.07) is 4.07. The summed E-state index contributed by atoms with van der Waals surface area (Å²) in [7, 11) is 3.22. The van der Waals surface area contributed by atoms with Gasteiger partial charge in [0, 0.05) is 24.8 Å². The van der Waals surface area contributed by atoms with Crippen LogP contribution < -0.4 is 20.5 Å². The lowest BCUT2D eigenvalue weighted by Gasteiger charge is -2.36. The van der Waals surface area contributed by atoms with Crippen LogP contribution in [0.4, 0.5) is 11.4 Å². The van der Waals surface area contributed by atoms with Crippen molar-refractivity contribution in [1.29, 1.82) is 0 Å². The minimum Gasteiger partial charge on any atom is -0.493 e. The average molecular weight is 266 g/mol. The maximum Gasteiger partial charge on any atom is 0.162 e. The molecule has 0 unspecified atom stereocenters. The molecule has 0 radical (unpaired) electrons. The number of nitrogen functional groups attached to an aromatic ring is 1. The normalized spacial score (nSPS) is 21.6. The van der Waals surface area contributed by atoms with Crippen LogP contribution in [0.25, 0.3) is 0 Å². The Hall–Kier alpha value is -1.62. The summed E-state index contributed by atoms with van der Waals surface area (Å²) < 4.78 is 16.0. The highest BCUT2D eigenvalue weighted by atomic mass is 16.5. The van der Waals surface area contributed by atoms with Crippen LogP contribution in [0, 0.1) is 0 Å². The molecule has 0 spiro atoms. The summed E-state index contributed by atoms with van der Waals surface area (Å²) in [5, 5.41) is 3.42. The van der Waals surface area contributed by atoms with Crippen molar-refractivity contribution in [1.82, 2.24) is 0 Å². The first-order chi connectivity index (χ1) is 9.17. The van der Waals surface area contributed by atoms with E-state index < -0.39 is 0 Å². The van der Waals surface area contributed by atoms with Crippen LogP contribution >= 0.6 is 0 Å². The van der Waals surface area contributed by atoms with Crippen molar-refractivity contribution in [2.24, 2.45) is 0 Å². The van der Waals surface area contributed by atoms with Crippen molar-refractivity contribution in [3.05, 3.63) is 12.1 Å². The number of methoxy groups -OCH3 is 2. The number of nitrogens with one attached hydrogen (secondary N) is 1. The SMILES string of the molecule is CCOC1CC(Nc2cc(OC)c(OC)cc2N)C1. The topological polar surface area (TPSA) is 65.7 Å². The molecule has 1 saturated carbocycles. The summed E-state index contributed by atoms with van der Waals surface area (Å²) in [5.74, 6) is 1.33. The van der Waals surface area contributed by atoms with E-state index in [1.807, 2.05) is 13.0 Å². The minimum atomic E-state index is 0.379. The molecule has 0 aromatic heterocycles. The van der Waals surface area contributed by atoms with Crippen LogP contribution in [0.1, 0.15) is 19.8 Å². The molecule has 0 saturated heterocycles. The summed E-state index contributed by atoms with van der Waals surface area (Å²) in [6.45, 7) is 2.79. The van der Waals surface area contributed by atoms with Gasteiger partial charge in [-0.1, -0.05) is 0 Å². The Kier molecular flexibility index (Phi) is 4.37. The zero-order valence-corrected chi connectivity index (χ0v) is 11.7. The van der Waals surface area contributed by atoms with Gasteiger partial charge in [-0.15, -0.1) is 0 Å². The van der Waals surface area contributed by atoms with Crippen molar-refractivity contribution in [2.45, 2.75) is 31.9 Å². The molecule has 1 aromatic rings. The van der Waals surface area contributed by atoms with E-state index in [1.165, 1.54) is 0 Å². The van der Waals surface area contributed by atoms with E-state index in [0.717, 1.165) is 25.1 Å². The molecular formula is C14H22N2O3. The van der Waals surface area contributed by atoms with Crippen LogP contribution in [-0.4, -0.2) is 33.0 Å². The highest BCUT2D eigenvalue weighted by Gasteiger charge is 2.29. The fourth-order valence-electron chi connectivity index (χ4n) is 2.29. The van der Waals surface area contributed by atoms with Gasteiger partial charge in [0.1, 0.15) is 0 Å². The minimum absolute atomic E-state index is 0.379. The third kappa shape index (κ3) is 3.04. The van der Waals surface area contributed by atoms with Crippen molar-refractivity contribution < 1.29 is 14.2 Å². The van der Waals surface area contributed by atoms with Gasteiger partial charge in [0.05, 0.1) is 31.7 Å². The highest BCUT2D eigenvalue weighted by molar-refractivity contribution is 5.72. The Morgan fingerprint density at radius 3 is 2.42 bits per heavy atom. The lowest BCUT2D eigenvalue weighted by Crippen LogP contribution is -2.40. The number of nitrogens with two attached hydrogens (primary N) is 1. The van der Waals surface area contributed by atoms with Gasteiger partial charge in [-0.25, -0.2) is 0 Å². The van der Waals surface area contributed by atoms with E-state index in [9.17, 15) is 0 Å². The van der Waals surface area contributed by atoms with E-state index in [0.29, 0.717) is 29.3 Å². The first kappa shape index (κ1) is 13.8. The third-order valence-electron chi connectivity index (χ3n) is 3.41. The van der Waals surface area contributed by atoms with Crippen molar-refractivity contribution in [2.75, 3.05) is 31.9 Å². The quantitative estimate of drug-likeness (QED) is 0.773. The highest BCUT2D eigenvalue weighted by Crippen LogP contribution is 2.37. The molecule has 1 aromatic carbocycles. The standard InChI is InChI=1S/C14H22N2O3/c1-4-19-10-5-9(6-10)16-12-8-14(18-3)13(17-2)7-11(12)15/h7-10,16H,4-6,15H2,1-3H3. The molecule has 19 heavy (non-hydrogen) atoms. The first-order valence-corrected chi connectivity index (χ1v) is 6.57. The maximum absolute atomic E-state index is 6.01. The van der Waals surface area contributed by atoms with Gasteiger partial charge in [0.2, 0.25) is 0 Å². The van der Waals surface area contributed by atoms with Crippen molar-refractivity contribution >= 4 is 11.4 Å². The predicted molar refractivity (Wildman–Crippen MR) is 76.0 cm³/mol. The number of hydrogen-bond donors (Lipinski definition) is 2. The molecule has 5 nitrogen and oxygen atoms in total. The number of ether oxygens (including phenoxy) is 3. The zero-order valence-electron chi connectivity index (χ0n) is 11.7. The molecule has 0 amide bonds. The molecule has 0 aliphatic heterocycles. The second-order valence-electron chi connectivity index (χ2n) is 4.68. The predicted octanol–water partition coefficient (Wildman–Crippen LogP) is 2.27. The summed E-state index contributed by atoms with van der Waals surface area (Å²) >= 11 is 0. The molecule has 0 atom stereocenters. The van der Waals surface area contributed by atoms with E-state index in [-0.39, 0.29) is 0 Å². The van der Waals surface area contributed by atoms with Gasteiger partial charge in [0.25, 0.3) is 0 Å². The molecule has 1 aliphatic rings. The largest absolute Gasteiger partial charge is 0.493 e. The van der Waals surface area contributed by atoms with Crippen LogP contribution in [-0.2, 0) is 4.74 Å². The summed E-state index contributed by atoms with van der Waals surface area (Å²) in [5.41, 5.74) is 7.56. The van der Waals surface area contributed by atoms with Crippen LogP contribution in [0.2, 0.25) is 0 Å². The zero-order chi connectivity index (χ0) is 13.8. The van der Waals surface area contributed by atoms with Crippen molar-refractivity contribution in [3.8, 4) is 11.5 Å². The maximum atomic E-state index is 6.01. The third-order valence-corrected chi connectivity index (χ3v) is 3.41. The van der Waals surface area contributed by atoms with Gasteiger partial charge >= 0.3 is 0 Å². The van der Waals surface area contributed by atoms with Gasteiger partial charge in [-0.05, 0) is 19.8 Å². The number of benzene rings is 1. The molecule has 1 aliphatic carbocycles. The lowest BCUT2D eigenvalue weighted by atomic mass is 9.89. The first-order valence-electron chi connectivity index (χ1n) is 6.57. The van der Waals surface area contributed by atoms with E-state index >= 15 is 0 Å². The van der Waals surface area contributed by atoms with E-state index in [4.69, 9.17) is 19.9 Å². The molecule has 2 rings (SSSR count). The number of hydrogen-bond acceptors (Lipinski definition) is 5. The van der Waals surface area contributed by atoms with E-state index in [1.54, 1.807) is 20.3 Å². The second-order valence-corrected chi connectivity index (χ2v) is 4.68. The molecule has 3 N–H and O–H groups in total. The number of anilines is 2. The van der Waals surface area contributed by atoms with E-state index in [2.05, 4.69) is 5.32 Å². The summed E-state index contributed by atoms with van der Waals surface area (Å²) in [4.78, 5) is 0. The number of rotatable bonds is 6. The van der Waals surface area contributed by atoms with Gasteiger partial charge in [-0.2, -0.15) is 0 Å². The molecule has 106 valence electrons. The van der Waals surface area contributed by atoms with Gasteiger partial charge < -0.3 is 25.3 Å². The lowest BCUT2D eigenvalue weighted by molar-refractivity contribution is 0.00300. The Morgan fingerprint density at radius 2 is 1.84 bits per heavy atom. The smallest absolute Gasteiger partial charge is 0.162 e. The van der Waals surface area contributed by atoms with Crippen LogP contribution in [0.15, 0.2) is 12.1 Å². The van der Waals surface area contributed by atoms with Crippen molar-refractivity contribution in [3.63, 3.8) is 0 Å². The Balaban J connectivity index is 2.01. The fourth-order valence-corrected chi connectivity index (χ4v) is 2.29. The molecular weight excluding hydrogens is 244 g/mol. The molecule has 5 heteroatoms. The van der Waals surface area contributed by atoms with Crippen LogP contribution in [0.3, 0.4) is 0 Å². The summed E-state index contributed by atoms with van der Waals surface area (Å²) in [6.07, 6.45) is 2.41. The van der Waals surface area contributed by atoms with Gasteiger partial charge in [-0.3, -0.25) is 0 Å². The Morgan fingerprint density at radius 1 is 1.21 bits per heavy atom. The second kappa shape index (κ2) is 6.02. The van der Waals surface area contributed by atoms with Gasteiger partial charge in [0.15, 0.2) is 11.5 Å². The molecule has 1 fully saturated rings. The Labute approximate surface area is 114 Å². The molecule has 0 bridgehead atoms. The molecule has 0 heterocycles. The van der Waals surface area contributed by atoms with Crippen LogP contribution in [0.5, 0.6) is 11.5 Å². The monoisotopic (exact) mass is 266 g/mol. The Bertz CT molecular complexity index is 431.